The number of ether oxygens (including phenoxy) is 1. The summed E-state index contributed by atoms with van der Waals surface area (Å²) in [6, 6.07) is 0. The Morgan fingerprint density at radius 3 is 2.00 bits per heavy atom. The van der Waals surface area contributed by atoms with Crippen molar-refractivity contribution in [1.29, 1.82) is 0 Å². The molecule has 0 aromatic carbocycles. The second-order valence-corrected chi connectivity index (χ2v) is 10.1. The number of unbranched alkanes of at least 4 members (excludes halogenated alkanes) is 8. The first-order chi connectivity index (χ1) is 16.6. The quantitative estimate of drug-likeness (QED) is 0.114. The molecule has 3 unspecified atom stereocenters. The lowest BCUT2D eigenvalue weighted by Gasteiger charge is -2.39. The lowest BCUT2D eigenvalue weighted by molar-refractivity contribution is -0.218. The first kappa shape index (κ1) is 31.9. The number of Topliss-reactive ketones (excluding diaryl/α,β-unsaturated/α-hetero) is 1. The molecule has 0 aromatic rings. The number of carboxylic acids is 1. The molecule has 0 radical (unpaired) electrons. The van der Waals surface area contributed by atoms with Crippen LogP contribution >= 0.6 is 0 Å². The zero-order chi connectivity index (χ0) is 26.4. The molecule has 0 aromatic heterocycles. The minimum atomic E-state index is -1.49. The van der Waals surface area contributed by atoms with Crippen LogP contribution in [0.4, 0.5) is 0 Å². The summed E-state index contributed by atoms with van der Waals surface area (Å²) in [5, 5.41) is 59.5. The fourth-order valence-corrected chi connectivity index (χ4v) is 4.73. The van der Waals surface area contributed by atoms with E-state index in [-0.39, 0.29) is 12.8 Å². The van der Waals surface area contributed by atoms with Gasteiger partial charge in [-0.1, -0.05) is 71.1 Å². The topological polar surface area (TPSA) is 165 Å². The largest absolute Gasteiger partial charge is 0.481 e. The van der Waals surface area contributed by atoms with Crippen molar-refractivity contribution < 1.29 is 45.0 Å². The van der Waals surface area contributed by atoms with Crippen LogP contribution in [0.15, 0.2) is 0 Å². The number of hydrogen-bond acceptors (Lipinski definition) is 8. The molecule has 0 amide bonds. The van der Waals surface area contributed by atoms with E-state index in [1.165, 1.54) is 0 Å². The van der Waals surface area contributed by atoms with E-state index >= 15 is 0 Å². The second kappa shape index (κ2) is 17.4. The molecule has 8 atom stereocenters. The second-order valence-electron chi connectivity index (χ2n) is 10.1. The van der Waals surface area contributed by atoms with Gasteiger partial charge in [-0.2, -0.15) is 0 Å². The minimum Gasteiger partial charge on any atom is -0.481 e. The number of aliphatic hydroxyl groups excluding tert-OH is 5. The van der Waals surface area contributed by atoms with Crippen molar-refractivity contribution in [3.8, 4) is 0 Å². The van der Waals surface area contributed by atoms with Gasteiger partial charge >= 0.3 is 5.97 Å². The third kappa shape index (κ3) is 11.7. The van der Waals surface area contributed by atoms with Crippen LogP contribution in [-0.2, 0) is 14.3 Å². The Morgan fingerprint density at radius 1 is 0.800 bits per heavy atom. The molecule has 9 heteroatoms. The van der Waals surface area contributed by atoms with E-state index in [1.54, 1.807) is 6.92 Å². The molecule has 1 fully saturated rings. The Hall–Kier alpha value is -1.10. The fourth-order valence-electron chi connectivity index (χ4n) is 4.73. The molecule has 1 rings (SSSR count). The molecular formula is C26H48O9. The molecule has 1 heterocycles. The Labute approximate surface area is 209 Å². The Kier molecular flexibility index (Phi) is 15.8. The highest BCUT2D eigenvalue weighted by Gasteiger charge is 2.41. The molecule has 1 aliphatic heterocycles. The molecule has 1 aliphatic rings. The van der Waals surface area contributed by atoms with E-state index in [2.05, 4.69) is 6.92 Å². The average molecular weight is 505 g/mol. The van der Waals surface area contributed by atoms with Crippen molar-refractivity contribution in [2.75, 3.05) is 0 Å². The summed E-state index contributed by atoms with van der Waals surface area (Å²) in [6.45, 7) is 3.76. The number of aliphatic carboxylic acids is 1. The minimum absolute atomic E-state index is 0.268. The number of carbonyl (C=O) groups is 2. The van der Waals surface area contributed by atoms with Gasteiger partial charge in [0.1, 0.15) is 24.2 Å². The predicted octanol–water partition coefficient (Wildman–Crippen LogP) is 2.33. The van der Waals surface area contributed by atoms with Gasteiger partial charge < -0.3 is 35.4 Å². The van der Waals surface area contributed by atoms with Crippen LogP contribution in [-0.4, -0.2) is 85.1 Å². The maximum atomic E-state index is 12.4. The molecule has 0 bridgehead atoms. The van der Waals surface area contributed by atoms with E-state index in [4.69, 9.17) is 4.74 Å². The van der Waals surface area contributed by atoms with Crippen LogP contribution in [0.1, 0.15) is 104 Å². The van der Waals surface area contributed by atoms with Crippen LogP contribution in [0.25, 0.3) is 0 Å². The lowest BCUT2D eigenvalue weighted by atomic mass is 9.89. The number of rotatable bonds is 19. The van der Waals surface area contributed by atoms with E-state index in [0.717, 1.165) is 51.4 Å². The van der Waals surface area contributed by atoms with Gasteiger partial charge in [0.2, 0.25) is 0 Å². The standard InChI is InChI=1S/C26H48O9/c1-3-4-5-7-11-14-19(28)22(26(33)34)20(29)16-18(27)13-10-8-6-9-12-15-21-24(31)25(32)23(30)17(2)35-21/h17-19,21-25,27-28,30-32H,3-16H2,1-2H3,(H,33,34)/t17-,18?,19?,21-,22?,23-,24-,25+/m0/s1. The molecule has 6 N–H and O–H groups in total. The van der Waals surface area contributed by atoms with Crippen molar-refractivity contribution in [1.82, 2.24) is 0 Å². The predicted molar refractivity (Wildman–Crippen MR) is 131 cm³/mol. The van der Waals surface area contributed by atoms with Gasteiger partial charge in [0.15, 0.2) is 5.78 Å². The van der Waals surface area contributed by atoms with Crippen molar-refractivity contribution >= 4 is 11.8 Å². The zero-order valence-corrected chi connectivity index (χ0v) is 21.4. The molecule has 206 valence electrons. The van der Waals surface area contributed by atoms with E-state index in [0.29, 0.717) is 25.7 Å². The molecule has 9 nitrogen and oxygen atoms in total. The molecule has 1 saturated heterocycles. The van der Waals surface area contributed by atoms with Gasteiger partial charge in [0.25, 0.3) is 0 Å². The van der Waals surface area contributed by atoms with Gasteiger partial charge in [-0.25, -0.2) is 0 Å². The van der Waals surface area contributed by atoms with Gasteiger partial charge in [0.05, 0.1) is 24.4 Å². The third-order valence-corrected chi connectivity index (χ3v) is 7.02. The van der Waals surface area contributed by atoms with Gasteiger partial charge in [-0.05, 0) is 26.2 Å². The summed E-state index contributed by atoms with van der Waals surface area (Å²) in [7, 11) is 0. The van der Waals surface area contributed by atoms with Crippen molar-refractivity contribution in [2.24, 2.45) is 5.92 Å². The molecule has 0 aliphatic carbocycles. The Morgan fingerprint density at radius 2 is 1.37 bits per heavy atom. The van der Waals surface area contributed by atoms with Crippen molar-refractivity contribution in [3.63, 3.8) is 0 Å². The summed E-state index contributed by atoms with van der Waals surface area (Å²) in [5.74, 6) is -3.46. The first-order valence-corrected chi connectivity index (χ1v) is 13.4. The van der Waals surface area contributed by atoms with Gasteiger partial charge in [-0.3, -0.25) is 9.59 Å². The first-order valence-electron chi connectivity index (χ1n) is 13.4. The molecule has 0 spiro atoms. The lowest BCUT2D eigenvalue weighted by Crippen LogP contribution is -2.56. The van der Waals surface area contributed by atoms with Crippen LogP contribution in [0, 0.1) is 5.92 Å². The maximum absolute atomic E-state index is 12.4. The number of carbonyl (C=O) groups excluding carboxylic acids is 1. The molecular weight excluding hydrogens is 456 g/mol. The van der Waals surface area contributed by atoms with Gasteiger partial charge in [-0.15, -0.1) is 0 Å². The summed E-state index contributed by atoms with van der Waals surface area (Å²) >= 11 is 0. The van der Waals surface area contributed by atoms with E-state index in [1.807, 2.05) is 0 Å². The smallest absolute Gasteiger partial charge is 0.316 e. The number of aliphatic hydroxyl groups is 5. The van der Waals surface area contributed by atoms with Crippen molar-refractivity contribution in [2.45, 2.75) is 146 Å². The highest BCUT2D eigenvalue weighted by atomic mass is 16.5. The summed E-state index contributed by atoms with van der Waals surface area (Å²) in [4.78, 5) is 24.0. The van der Waals surface area contributed by atoms with E-state index in [9.17, 15) is 40.2 Å². The van der Waals surface area contributed by atoms with Crippen LogP contribution < -0.4 is 0 Å². The normalized spacial score (nSPS) is 27.3. The zero-order valence-electron chi connectivity index (χ0n) is 21.4. The van der Waals surface area contributed by atoms with E-state index < -0.39 is 60.4 Å². The fraction of sp³-hybridized carbons (Fsp3) is 0.923. The molecule has 35 heavy (non-hydrogen) atoms. The average Bonchev–Trinajstić information content (AvgIpc) is 2.79. The highest BCUT2D eigenvalue weighted by Crippen LogP contribution is 2.25. The summed E-state index contributed by atoms with van der Waals surface area (Å²) in [6.07, 6.45) is 3.20. The highest BCUT2D eigenvalue weighted by molar-refractivity contribution is 5.99. The maximum Gasteiger partial charge on any atom is 0.316 e. The van der Waals surface area contributed by atoms with Crippen LogP contribution in [0.5, 0.6) is 0 Å². The molecule has 0 saturated carbocycles. The number of carboxylic acid groups (broad SMARTS) is 1. The summed E-state index contributed by atoms with van der Waals surface area (Å²) < 4.78 is 5.58. The monoisotopic (exact) mass is 504 g/mol. The number of hydrogen-bond donors (Lipinski definition) is 6. The number of ketones is 1. The third-order valence-electron chi connectivity index (χ3n) is 7.02. The van der Waals surface area contributed by atoms with Crippen LogP contribution in [0.2, 0.25) is 0 Å². The SMILES string of the molecule is CCCCCCCC(O)C(C(=O)O)C(=O)CC(O)CCCCCCC[C@@H]1O[C@@H](C)[C@H](O)[C@@H](O)[C@H]1O. The summed E-state index contributed by atoms with van der Waals surface area (Å²) in [5.41, 5.74) is 0. The van der Waals surface area contributed by atoms with Crippen molar-refractivity contribution in [3.05, 3.63) is 0 Å². The Bertz CT molecular complexity index is 599. The Balaban J connectivity index is 2.22. The van der Waals surface area contributed by atoms with Crippen LogP contribution in [0.3, 0.4) is 0 Å². The van der Waals surface area contributed by atoms with Gasteiger partial charge in [0, 0.05) is 6.42 Å².